The van der Waals surface area contributed by atoms with Gasteiger partial charge in [0, 0.05) is 35.1 Å². The fraction of sp³-hybridized carbons (Fsp3) is 0.348. The number of Topliss-reactive ketones (excluding diaryl/α,β-unsaturated/α-hetero) is 1. The summed E-state index contributed by atoms with van der Waals surface area (Å²) in [6.07, 6.45) is 2.81. The summed E-state index contributed by atoms with van der Waals surface area (Å²) >= 11 is 0. The van der Waals surface area contributed by atoms with Crippen LogP contribution in [-0.4, -0.2) is 10.4 Å². The third kappa shape index (κ3) is 3.71. The van der Waals surface area contributed by atoms with E-state index >= 15 is 0 Å². The quantitative estimate of drug-likeness (QED) is 0.472. The Balaban J connectivity index is 1.65. The van der Waals surface area contributed by atoms with Crippen molar-refractivity contribution in [1.29, 1.82) is 0 Å². The first-order chi connectivity index (χ1) is 13.4. The molecule has 1 fully saturated rings. The van der Waals surface area contributed by atoms with E-state index in [0.717, 1.165) is 59.8 Å². The monoisotopic (exact) mass is 385 g/mol. The summed E-state index contributed by atoms with van der Waals surface area (Å²) in [5.74, 6) is 0.279. The molecule has 28 heavy (non-hydrogen) atoms. The third-order valence-corrected chi connectivity index (χ3v) is 5.66. The minimum atomic E-state index is -4.34. The lowest BCUT2D eigenvalue weighted by molar-refractivity contribution is -0.137. The van der Waals surface area contributed by atoms with E-state index in [1.807, 2.05) is 35.0 Å². The van der Waals surface area contributed by atoms with E-state index in [1.165, 1.54) is 18.6 Å². The van der Waals surface area contributed by atoms with Crippen LogP contribution in [0.1, 0.15) is 53.6 Å². The van der Waals surface area contributed by atoms with Crippen molar-refractivity contribution < 1.29 is 18.0 Å². The Hall–Kier alpha value is -2.56. The number of hydrogen-bond acceptors (Lipinski definition) is 1. The molecule has 5 heteroatoms. The molecule has 4 rings (SSSR count). The van der Waals surface area contributed by atoms with Crippen molar-refractivity contribution in [1.82, 2.24) is 4.57 Å². The zero-order chi connectivity index (χ0) is 19.7. The van der Waals surface area contributed by atoms with Crippen LogP contribution in [0, 0.1) is 5.92 Å². The van der Waals surface area contributed by atoms with Gasteiger partial charge in [-0.05, 0) is 36.6 Å². The zero-order valence-electron chi connectivity index (χ0n) is 15.5. The average Bonchev–Trinajstić information content (AvgIpc) is 3.06. The maximum absolute atomic E-state index is 13.1. The van der Waals surface area contributed by atoms with Gasteiger partial charge < -0.3 is 4.57 Å². The number of hydrogen-bond donors (Lipinski definition) is 0. The summed E-state index contributed by atoms with van der Waals surface area (Å²) in [6.45, 7) is 0.427. The van der Waals surface area contributed by atoms with Gasteiger partial charge in [-0.1, -0.05) is 49.6 Å². The number of aromatic nitrogens is 1. The summed E-state index contributed by atoms with van der Waals surface area (Å²) in [7, 11) is 0. The molecule has 1 saturated carbocycles. The van der Waals surface area contributed by atoms with Crippen LogP contribution in [0.2, 0.25) is 0 Å². The molecule has 0 atom stereocenters. The maximum atomic E-state index is 13.1. The standard InChI is InChI=1S/C23H22F3NO/c24-23(25,26)18-12-10-16(11-13-18)14-27-15-20(19-8-4-5-9-21(19)27)22(28)17-6-2-1-3-7-17/h4-5,8-13,15,17H,1-3,6-7,14H2. The summed E-state index contributed by atoms with van der Waals surface area (Å²) in [5.41, 5.74) is 1.78. The van der Waals surface area contributed by atoms with Crippen molar-refractivity contribution in [2.75, 3.05) is 0 Å². The number of carbonyl (C=O) groups excluding carboxylic acids is 1. The number of para-hydroxylation sites is 1. The van der Waals surface area contributed by atoms with E-state index in [0.29, 0.717) is 6.54 Å². The Morgan fingerprint density at radius 1 is 0.964 bits per heavy atom. The van der Waals surface area contributed by atoms with Crippen molar-refractivity contribution in [3.05, 3.63) is 71.4 Å². The molecule has 0 radical (unpaired) electrons. The number of carbonyl (C=O) groups is 1. The minimum Gasteiger partial charge on any atom is -0.342 e. The second-order valence-corrected chi connectivity index (χ2v) is 7.58. The Kier molecular flexibility index (Phi) is 5.00. The van der Waals surface area contributed by atoms with Gasteiger partial charge in [0.2, 0.25) is 0 Å². The smallest absolute Gasteiger partial charge is 0.342 e. The van der Waals surface area contributed by atoms with E-state index in [2.05, 4.69) is 0 Å². The van der Waals surface area contributed by atoms with Crippen LogP contribution >= 0.6 is 0 Å². The highest BCUT2D eigenvalue weighted by atomic mass is 19.4. The zero-order valence-corrected chi connectivity index (χ0v) is 15.5. The lowest BCUT2D eigenvalue weighted by atomic mass is 9.84. The van der Waals surface area contributed by atoms with E-state index in [-0.39, 0.29) is 11.7 Å². The number of nitrogens with zero attached hydrogens (tertiary/aromatic N) is 1. The fourth-order valence-electron chi connectivity index (χ4n) is 4.15. The molecule has 1 aliphatic carbocycles. The van der Waals surface area contributed by atoms with Crippen LogP contribution in [0.5, 0.6) is 0 Å². The Labute approximate surface area is 162 Å². The Bertz CT molecular complexity index is 979. The normalized spacial score (nSPS) is 15.8. The molecule has 1 aromatic heterocycles. The highest BCUT2D eigenvalue weighted by molar-refractivity contribution is 6.09. The highest BCUT2D eigenvalue weighted by Crippen LogP contribution is 2.32. The van der Waals surface area contributed by atoms with Gasteiger partial charge >= 0.3 is 6.18 Å². The molecule has 0 N–H and O–H groups in total. The minimum absolute atomic E-state index is 0.0825. The third-order valence-electron chi connectivity index (χ3n) is 5.66. The van der Waals surface area contributed by atoms with Crippen LogP contribution in [0.15, 0.2) is 54.7 Å². The second-order valence-electron chi connectivity index (χ2n) is 7.58. The van der Waals surface area contributed by atoms with E-state index in [1.54, 1.807) is 0 Å². The maximum Gasteiger partial charge on any atom is 0.416 e. The lowest BCUT2D eigenvalue weighted by Gasteiger charge is -2.19. The van der Waals surface area contributed by atoms with E-state index < -0.39 is 11.7 Å². The molecule has 0 saturated heterocycles. The molecule has 0 bridgehead atoms. The first-order valence-corrected chi connectivity index (χ1v) is 9.72. The van der Waals surface area contributed by atoms with Crippen molar-refractivity contribution in [3.63, 3.8) is 0 Å². The molecular weight excluding hydrogens is 363 g/mol. The van der Waals surface area contributed by atoms with Gasteiger partial charge in [0.1, 0.15) is 0 Å². The topological polar surface area (TPSA) is 22.0 Å². The summed E-state index contributed by atoms with van der Waals surface area (Å²) in [4.78, 5) is 13.1. The molecular formula is C23H22F3NO. The molecule has 2 aromatic carbocycles. The summed E-state index contributed by atoms with van der Waals surface area (Å²) in [5, 5.41) is 0.921. The van der Waals surface area contributed by atoms with Gasteiger partial charge in [0.05, 0.1) is 5.56 Å². The number of benzene rings is 2. The number of ketones is 1. The summed E-state index contributed by atoms with van der Waals surface area (Å²) in [6, 6.07) is 13.0. The molecule has 1 heterocycles. The second kappa shape index (κ2) is 7.46. The van der Waals surface area contributed by atoms with Crippen LogP contribution in [0.25, 0.3) is 10.9 Å². The first kappa shape index (κ1) is 18.8. The largest absolute Gasteiger partial charge is 0.416 e. The van der Waals surface area contributed by atoms with Crippen molar-refractivity contribution >= 4 is 16.7 Å². The SMILES string of the molecule is O=C(c1cn(Cc2ccc(C(F)(F)F)cc2)c2ccccc12)C1CCCCC1. The molecule has 146 valence electrons. The van der Waals surface area contributed by atoms with Crippen LogP contribution in [-0.2, 0) is 12.7 Å². The van der Waals surface area contributed by atoms with Crippen molar-refractivity contribution in [2.24, 2.45) is 5.92 Å². The van der Waals surface area contributed by atoms with Crippen LogP contribution in [0.3, 0.4) is 0 Å². The van der Waals surface area contributed by atoms with E-state index in [9.17, 15) is 18.0 Å². The average molecular weight is 385 g/mol. The van der Waals surface area contributed by atoms with Gasteiger partial charge in [-0.15, -0.1) is 0 Å². The van der Waals surface area contributed by atoms with Crippen molar-refractivity contribution in [2.45, 2.75) is 44.8 Å². The number of fused-ring (bicyclic) bond motifs is 1. The molecule has 1 aliphatic rings. The molecule has 0 spiro atoms. The predicted molar refractivity (Wildman–Crippen MR) is 103 cm³/mol. The summed E-state index contributed by atoms with van der Waals surface area (Å²) < 4.78 is 40.3. The van der Waals surface area contributed by atoms with Gasteiger partial charge in [-0.25, -0.2) is 0 Å². The molecule has 2 nitrogen and oxygen atoms in total. The molecule has 0 aliphatic heterocycles. The van der Waals surface area contributed by atoms with E-state index in [4.69, 9.17) is 0 Å². The Morgan fingerprint density at radius 3 is 2.32 bits per heavy atom. The lowest BCUT2D eigenvalue weighted by Crippen LogP contribution is -2.17. The molecule has 0 amide bonds. The molecule has 0 unspecified atom stereocenters. The van der Waals surface area contributed by atoms with Crippen molar-refractivity contribution in [3.8, 4) is 0 Å². The van der Waals surface area contributed by atoms with Gasteiger partial charge in [-0.2, -0.15) is 13.2 Å². The number of halogens is 3. The first-order valence-electron chi connectivity index (χ1n) is 9.72. The highest BCUT2D eigenvalue weighted by Gasteiger charge is 2.30. The Morgan fingerprint density at radius 2 is 1.64 bits per heavy atom. The van der Waals surface area contributed by atoms with Crippen LogP contribution < -0.4 is 0 Å². The van der Waals surface area contributed by atoms with Gasteiger partial charge in [0.25, 0.3) is 0 Å². The molecule has 3 aromatic rings. The fourth-order valence-corrected chi connectivity index (χ4v) is 4.15. The number of alkyl halides is 3. The van der Waals surface area contributed by atoms with Crippen LogP contribution in [0.4, 0.5) is 13.2 Å². The number of rotatable bonds is 4. The predicted octanol–water partition coefficient (Wildman–Crippen LogP) is 6.47. The van der Waals surface area contributed by atoms with Gasteiger partial charge in [0.15, 0.2) is 5.78 Å². The van der Waals surface area contributed by atoms with Gasteiger partial charge in [-0.3, -0.25) is 4.79 Å².